The van der Waals surface area contributed by atoms with Crippen molar-refractivity contribution in [2.75, 3.05) is 5.32 Å². The molecule has 1 amide bonds. The van der Waals surface area contributed by atoms with E-state index < -0.39 is 12.5 Å². The predicted octanol–water partition coefficient (Wildman–Crippen LogP) is 3.69. The molecule has 9 heteroatoms. The predicted molar refractivity (Wildman–Crippen MR) is 76.9 cm³/mol. The summed E-state index contributed by atoms with van der Waals surface area (Å²) in [6.45, 7) is -2.96. The van der Waals surface area contributed by atoms with Crippen LogP contribution in [0.15, 0.2) is 28.9 Å². The molecule has 0 saturated carbocycles. The van der Waals surface area contributed by atoms with Gasteiger partial charge >= 0.3 is 6.61 Å². The highest BCUT2D eigenvalue weighted by Gasteiger charge is 2.16. The number of alkyl halides is 2. The molecule has 0 atom stereocenters. The van der Waals surface area contributed by atoms with E-state index in [1.807, 2.05) is 0 Å². The molecule has 0 saturated heterocycles. The molecule has 0 fully saturated rings. The lowest BCUT2D eigenvalue weighted by Gasteiger charge is -2.10. The highest BCUT2D eigenvalue weighted by Crippen LogP contribution is 2.29. The van der Waals surface area contributed by atoms with Crippen LogP contribution in [0.4, 0.5) is 14.5 Å². The van der Waals surface area contributed by atoms with Gasteiger partial charge in [-0.3, -0.25) is 9.48 Å². The van der Waals surface area contributed by atoms with Crippen LogP contribution in [0.5, 0.6) is 5.75 Å². The summed E-state index contributed by atoms with van der Waals surface area (Å²) in [7, 11) is 1.62. The van der Waals surface area contributed by atoms with Gasteiger partial charge in [0, 0.05) is 12.7 Å². The first-order valence-electron chi connectivity index (χ1n) is 5.61. The average molecular weight is 381 g/mol. The van der Waals surface area contributed by atoms with E-state index in [4.69, 9.17) is 11.6 Å². The van der Waals surface area contributed by atoms with Gasteiger partial charge in [0.05, 0.1) is 15.7 Å². The number of aromatic nitrogens is 2. The number of rotatable bonds is 4. The number of anilines is 1. The second-order valence-electron chi connectivity index (χ2n) is 3.94. The maximum absolute atomic E-state index is 12.1. The van der Waals surface area contributed by atoms with Crippen molar-refractivity contribution in [3.63, 3.8) is 0 Å². The van der Waals surface area contributed by atoms with Crippen molar-refractivity contribution in [1.29, 1.82) is 0 Å². The molecule has 0 aliphatic rings. The Morgan fingerprint density at radius 2 is 2.24 bits per heavy atom. The zero-order valence-corrected chi connectivity index (χ0v) is 13.0. The van der Waals surface area contributed by atoms with Crippen LogP contribution in [0, 0.1) is 0 Å². The molecule has 2 rings (SSSR count). The van der Waals surface area contributed by atoms with Crippen LogP contribution in [-0.2, 0) is 7.05 Å². The van der Waals surface area contributed by atoms with Crippen LogP contribution in [0.2, 0.25) is 5.02 Å². The van der Waals surface area contributed by atoms with Crippen molar-refractivity contribution < 1.29 is 18.3 Å². The summed E-state index contributed by atoms with van der Waals surface area (Å²) in [4.78, 5) is 12.1. The van der Waals surface area contributed by atoms with Crippen molar-refractivity contribution in [3.8, 4) is 5.75 Å². The average Bonchev–Trinajstić information content (AvgIpc) is 2.72. The molecule has 0 aliphatic carbocycles. The standard InChI is InChI=1S/C12H9BrClF2N3O2/c1-19-10(7(13)5-17-19)11(20)18-6-2-3-9(8(14)4-6)21-12(15)16/h2-5,12H,1H3,(H,18,20). The maximum Gasteiger partial charge on any atom is 0.387 e. The number of hydrogen-bond acceptors (Lipinski definition) is 3. The Bertz CT molecular complexity index is 659. The molecular weight excluding hydrogens is 372 g/mol. The van der Waals surface area contributed by atoms with E-state index >= 15 is 0 Å². The Kier molecular flexibility index (Phi) is 4.79. The Morgan fingerprint density at radius 1 is 1.52 bits per heavy atom. The van der Waals surface area contributed by atoms with Gasteiger partial charge in [-0.25, -0.2) is 0 Å². The minimum atomic E-state index is -2.96. The van der Waals surface area contributed by atoms with Gasteiger partial charge in [0.2, 0.25) is 0 Å². The first kappa shape index (κ1) is 15.7. The molecule has 0 spiro atoms. The molecule has 5 nitrogen and oxygen atoms in total. The SMILES string of the molecule is Cn1ncc(Br)c1C(=O)Nc1ccc(OC(F)F)c(Cl)c1. The minimum absolute atomic E-state index is 0.0304. The van der Waals surface area contributed by atoms with Gasteiger partial charge in [-0.2, -0.15) is 13.9 Å². The van der Waals surface area contributed by atoms with Gasteiger partial charge in [-0.15, -0.1) is 0 Å². The van der Waals surface area contributed by atoms with Crippen molar-refractivity contribution in [2.45, 2.75) is 6.61 Å². The van der Waals surface area contributed by atoms with Gasteiger partial charge in [0.25, 0.3) is 5.91 Å². The van der Waals surface area contributed by atoms with Crippen LogP contribution in [0.25, 0.3) is 0 Å². The fourth-order valence-corrected chi connectivity index (χ4v) is 2.38. The lowest BCUT2D eigenvalue weighted by Crippen LogP contribution is -2.16. The van der Waals surface area contributed by atoms with Crippen LogP contribution in [0.3, 0.4) is 0 Å². The monoisotopic (exact) mass is 379 g/mol. The Labute approximate surface area is 132 Å². The van der Waals surface area contributed by atoms with Crippen molar-refractivity contribution in [2.24, 2.45) is 7.05 Å². The summed E-state index contributed by atoms with van der Waals surface area (Å²) in [5, 5.41) is 6.48. The summed E-state index contributed by atoms with van der Waals surface area (Å²) in [6.07, 6.45) is 1.49. The molecule has 1 aromatic heterocycles. The Morgan fingerprint density at radius 3 is 2.76 bits per heavy atom. The number of carbonyl (C=O) groups is 1. The molecule has 0 radical (unpaired) electrons. The van der Waals surface area contributed by atoms with E-state index in [1.165, 1.54) is 29.1 Å². The summed E-state index contributed by atoms with van der Waals surface area (Å²) in [6, 6.07) is 3.98. The third-order valence-electron chi connectivity index (χ3n) is 2.51. The highest BCUT2D eigenvalue weighted by atomic mass is 79.9. The number of halogens is 4. The number of amides is 1. The van der Waals surface area contributed by atoms with Gasteiger partial charge in [-0.05, 0) is 34.1 Å². The smallest absolute Gasteiger partial charge is 0.387 e. The number of ether oxygens (including phenoxy) is 1. The van der Waals surface area contributed by atoms with E-state index in [2.05, 4.69) is 31.1 Å². The number of carbonyl (C=O) groups excluding carboxylic acids is 1. The molecule has 0 bridgehead atoms. The molecule has 1 aromatic carbocycles. The molecule has 0 aliphatic heterocycles. The van der Waals surface area contributed by atoms with Crippen molar-refractivity contribution >= 4 is 39.1 Å². The number of nitrogens with zero attached hydrogens (tertiary/aromatic N) is 2. The van der Waals surface area contributed by atoms with Crippen molar-refractivity contribution in [3.05, 3.63) is 39.6 Å². The Balaban J connectivity index is 2.17. The molecule has 2 aromatic rings. The van der Waals surface area contributed by atoms with E-state index in [0.717, 1.165) is 0 Å². The summed E-state index contributed by atoms with van der Waals surface area (Å²) in [5.74, 6) is -0.577. The fourth-order valence-electron chi connectivity index (χ4n) is 1.63. The number of hydrogen-bond donors (Lipinski definition) is 1. The van der Waals surface area contributed by atoms with Gasteiger partial charge in [0.1, 0.15) is 11.4 Å². The highest BCUT2D eigenvalue weighted by molar-refractivity contribution is 9.10. The first-order valence-corrected chi connectivity index (χ1v) is 6.79. The molecule has 112 valence electrons. The van der Waals surface area contributed by atoms with Crippen molar-refractivity contribution in [1.82, 2.24) is 9.78 Å². The van der Waals surface area contributed by atoms with Gasteiger partial charge in [0.15, 0.2) is 0 Å². The molecule has 1 heterocycles. The van der Waals surface area contributed by atoms with E-state index in [0.29, 0.717) is 15.9 Å². The van der Waals surface area contributed by atoms with E-state index in [1.54, 1.807) is 7.05 Å². The fraction of sp³-hybridized carbons (Fsp3) is 0.167. The summed E-state index contributed by atoms with van der Waals surface area (Å²) in [5.41, 5.74) is 0.666. The van der Waals surface area contributed by atoms with Gasteiger partial charge in [-0.1, -0.05) is 11.6 Å². The quantitative estimate of drug-likeness (QED) is 0.880. The van der Waals surface area contributed by atoms with Crippen LogP contribution < -0.4 is 10.1 Å². The van der Waals surface area contributed by atoms with Crippen LogP contribution in [-0.4, -0.2) is 22.3 Å². The second kappa shape index (κ2) is 6.40. The first-order chi connectivity index (χ1) is 9.88. The largest absolute Gasteiger partial charge is 0.433 e. The molecule has 0 unspecified atom stereocenters. The third-order valence-corrected chi connectivity index (χ3v) is 3.39. The van der Waals surface area contributed by atoms with E-state index in [-0.39, 0.29) is 10.8 Å². The molecule has 1 N–H and O–H groups in total. The van der Waals surface area contributed by atoms with E-state index in [9.17, 15) is 13.6 Å². The normalized spacial score (nSPS) is 10.8. The van der Waals surface area contributed by atoms with Gasteiger partial charge < -0.3 is 10.1 Å². The zero-order chi connectivity index (χ0) is 15.6. The second-order valence-corrected chi connectivity index (χ2v) is 5.20. The van der Waals surface area contributed by atoms with Crippen LogP contribution >= 0.6 is 27.5 Å². The lowest BCUT2D eigenvalue weighted by atomic mass is 10.3. The topological polar surface area (TPSA) is 56.2 Å². The lowest BCUT2D eigenvalue weighted by molar-refractivity contribution is -0.0497. The summed E-state index contributed by atoms with van der Waals surface area (Å²) < 4.78 is 30.4. The maximum atomic E-state index is 12.1. The third kappa shape index (κ3) is 3.70. The zero-order valence-electron chi connectivity index (χ0n) is 10.6. The number of aryl methyl sites for hydroxylation is 1. The minimum Gasteiger partial charge on any atom is -0.433 e. The Hall–Kier alpha value is -1.67. The molecular formula is C12H9BrClF2N3O2. The molecule has 21 heavy (non-hydrogen) atoms. The number of nitrogens with one attached hydrogen (secondary N) is 1. The number of benzene rings is 1. The summed E-state index contributed by atoms with van der Waals surface area (Å²) >= 11 is 9.02. The van der Waals surface area contributed by atoms with Crippen LogP contribution in [0.1, 0.15) is 10.5 Å².